The lowest BCUT2D eigenvalue weighted by Gasteiger charge is -2.06. The molecule has 0 aliphatic carbocycles. The van der Waals surface area contributed by atoms with Gasteiger partial charge in [-0.05, 0) is 6.92 Å². The normalized spacial score (nSPS) is 9.71. The van der Waals surface area contributed by atoms with Gasteiger partial charge in [-0.25, -0.2) is 4.79 Å². The molecular weight excluding hydrogens is 200 g/mol. The van der Waals surface area contributed by atoms with E-state index >= 15 is 0 Å². The smallest absolute Gasteiger partial charge is 0.356 e. The summed E-state index contributed by atoms with van der Waals surface area (Å²) in [6, 6.07) is 0. The highest BCUT2D eigenvalue weighted by Gasteiger charge is 2.10. The Bertz CT molecular complexity index is 235. The van der Waals surface area contributed by atoms with E-state index in [-0.39, 0.29) is 27.9 Å². The summed E-state index contributed by atoms with van der Waals surface area (Å²) in [6.45, 7) is 8.46. The zero-order valence-corrected chi connectivity index (χ0v) is 9.62. The van der Waals surface area contributed by atoms with E-state index in [1.165, 1.54) is 0 Å². The molecule has 4 nitrogen and oxygen atoms in total. The third-order valence-electron chi connectivity index (χ3n) is 1.25. The Kier molecular flexibility index (Phi) is 5.86. The number of esters is 1. The van der Waals surface area contributed by atoms with Crippen molar-refractivity contribution >= 4 is 21.7 Å². The Morgan fingerprint density at radius 1 is 1.43 bits per heavy atom. The topological polar surface area (TPSA) is 52.6 Å². The minimum absolute atomic E-state index is 0.101. The standard InChI is InChI=1S/C9H14O4Si/c1-6(2)8(10)12-5-14-13-9(11)7(3)4/h7H,1,5H2,2-4H3. The van der Waals surface area contributed by atoms with Crippen molar-refractivity contribution in [1.29, 1.82) is 0 Å². The average Bonchev–Trinajstić information content (AvgIpc) is 2.11. The predicted octanol–water partition coefficient (Wildman–Crippen LogP) is 0.882. The molecule has 5 heteroatoms. The van der Waals surface area contributed by atoms with Gasteiger partial charge in [0.25, 0.3) is 5.97 Å². The number of hydrogen-bond acceptors (Lipinski definition) is 4. The third kappa shape index (κ3) is 5.53. The molecule has 0 aromatic rings. The first-order valence-electron chi connectivity index (χ1n) is 4.21. The summed E-state index contributed by atoms with van der Waals surface area (Å²) in [5.74, 6) is -0.896. The van der Waals surface area contributed by atoms with Crippen LogP contribution < -0.4 is 0 Å². The van der Waals surface area contributed by atoms with Gasteiger partial charge in [-0.1, -0.05) is 20.4 Å². The van der Waals surface area contributed by atoms with Gasteiger partial charge in [0.1, 0.15) is 6.23 Å². The molecule has 0 saturated heterocycles. The second kappa shape index (κ2) is 6.37. The molecule has 0 unspecified atom stereocenters. The molecule has 0 rings (SSSR count). The molecule has 2 radical (unpaired) electrons. The summed E-state index contributed by atoms with van der Waals surface area (Å²) in [7, 11) is -0.143. The van der Waals surface area contributed by atoms with Crippen LogP contribution in [0.2, 0.25) is 0 Å². The van der Waals surface area contributed by atoms with Crippen LogP contribution in [0.3, 0.4) is 0 Å². The van der Waals surface area contributed by atoms with Crippen LogP contribution in [-0.4, -0.2) is 27.9 Å². The maximum Gasteiger partial charge on any atom is 0.356 e. The molecule has 0 spiro atoms. The minimum atomic E-state index is -0.460. The monoisotopic (exact) mass is 214 g/mol. The van der Waals surface area contributed by atoms with Gasteiger partial charge < -0.3 is 9.16 Å². The fourth-order valence-electron chi connectivity index (χ4n) is 0.437. The summed E-state index contributed by atoms with van der Waals surface area (Å²) in [5, 5.41) is 0. The number of carbonyl (C=O) groups excluding carboxylic acids is 2. The van der Waals surface area contributed by atoms with Crippen molar-refractivity contribution in [3.05, 3.63) is 12.2 Å². The van der Waals surface area contributed by atoms with Crippen LogP contribution in [0, 0.1) is 5.92 Å². The maximum atomic E-state index is 10.9. The van der Waals surface area contributed by atoms with E-state index in [0.717, 1.165) is 0 Å². The van der Waals surface area contributed by atoms with Crippen molar-refractivity contribution in [2.24, 2.45) is 5.92 Å². The summed E-state index contributed by atoms with van der Waals surface area (Å²) in [4.78, 5) is 21.8. The van der Waals surface area contributed by atoms with Crippen LogP contribution in [0.25, 0.3) is 0 Å². The highest BCUT2D eigenvalue weighted by atomic mass is 28.2. The molecule has 0 amide bonds. The van der Waals surface area contributed by atoms with E-state index < -0.39 is 5.97 Å². The van der Waals surface area contributed by atoms with Gasteiger partial charge in [-0.3, -0.25) is 4.79 Å². The van der Waals surface area contributed by atoms with Gasteiger partial charge >= 0.3 is 15.7 Å². The van der Waals surface area contributed by atoms with Gasteiger partial charge in [-0.2, -0.15) is 0 Å². The van der Waals surface area contributed by atoms with Gasteiger partial charge in [0.05, 0.1) is 0 Å². The van der Waals surface area contributed by atoms with Crippen molar-refractivity contribution in [1.82, 2.24) is 0 Å². The first-order valence-corrected chi connectivity index (χ1v) is 5.33. The van der Waals surface area contributed by atoms with Crippen molar-refractivity contribution in [3.63, 3.8) is 0 Å². The molecule has 0 atom stereocenters. The van der Waals surface area contributed by atoms with Crippen molar-refractivity contribution in [3.8, 4) is 0 Å². The molecular formula is C9H14O4Si. The lowest BCUT2D eigenvalue weighted by atomic mass is 10.2. The molecule has 0 fully saturated rings. The Labute approximate surface area is 86.2 Å². The summed E-state index contributed by atoms with van der Waals surface area (Å²) < 4.78 is 9.55. The molecule has 14 heavy (non-hydrogen) atoms. The Morgan fingerprint density at radius 3 is 2.43 bits per heavy atom. The van der Waals surface area contributed by atoms with E-state index in [1.54, 1.807) is 20.8 Å². The van der Waals surface area contributed by atoms with Crippen LogP contribution in [0.4, 0.5) is 0 Å². The van der Waals surface area contributed by atoms with Gasteiger partial charge in [0.15, 0.2) is 0 Å². The Balaban J connectivity index is 3.52. The van der Waals surface area contributed by atoms with Crippen molar-refractivity contribution < 1.29 is 18.8 Å². The fourth-order valence-corrected chi connectivity index (χ4v) is 1.06. The predicted molar refractivity (Wildman–Crippen MR) is 52.5 cm³/mol. The molecule has 0 heterocycles. The molecule has 0 saturated carbocycles. The quantitative estimate of drug-likeness (QED) is 0.295. The minimum Gasteiger partial charge on any atom is -0.513 e. The Morgan fingerprint density at radius 2 is 2.00 bits per heavy atom. The highest BCUT2D eigenvalue weighted by Crippen LogP contribution is 1.95. The SMILES string of the molecule is C=C(C)C(=O)OC[Si]OC(=O)C(C)C. The summed E-state index contributed by atoms with van der Waals surface area (Å²) in [6.07, 6.45) is 0.101. The second-order valence-electron chi connectivity index (χ2n) is 3.08. The highest BCUT2D eigenvalue weighted by molar-refractivity contribution is 6.30. The fraction of sp³-hybridized carbons (Fsp3) is 0.556. The zero-order valence-electron chi connectivity index (χ0n) is 8.62. The van der Waals surface area contributed by atoms with Crippen LogP contribution in [0.1, 0.15) is 20.8 Å². The van der Waals surface area contributed by atoms with Gasteiger partial charge in [0, 0.05) is 11.5 Å². The maximum absolute atomic E-state index is 10.9. The number of ether oxygens (including phenoxy) is 1. The summed E-state index contributed by atoms with van der Waals surface area (Å²) in [5.41, 5.74) is 0.338. The number of carbonyl (C=O) groups is 2. The second-order valence-corrected chi connectivity index (χ2v) is 3.86. The largest absolute Gasteiger partial charge is 0.513 e. The molecule has 0 N–H and O–H groups in total. The van der Waals surface area contributed by atoms with E-state index in [4.69, 9.17) is 9.16 Å². The van der Waals surface area contributed by atoms with Crippen molar-refractivity contribution in [2.45, 2.75) is 20.8 Å². The van der Waals surface area contributed by atoms with E-state index in [0.29, 0.717) is 5.57 Å². The molecule has 0 bridgehead atoms. The van der Waals surface area contributed by atoms with Crippen LogP contribution in [0.15, 0.2) is 12.2 Å². The number of rotatable bonds is 5. The van der Waals surface area contributed by atoms with Crippen LogP contribution >= 0.6 is 0 Å². The third-order valence-corrected chi connectivity index (χ3v) is 1.86. The first kappa shape index (κ1) is 12.9. The molecule has 78 valence electrons. The Hall–Kier alpha value is -1.10. The van der Waals surface area contributed by atoms with Crippen LogP contribution in [0.5, 0.6) is 0 Å². The van der Waals surface area contributed by atoms with Crippen LogP contribution in [-0.2, 0) is 18.8 Å². The first-order chi connectivity index (χ1) is 6.45. The van der Waals surface area contributed by atoms with E-state index in [1.807, 2.05) is 0 Å². The zero-order chi connectivity index (χ0) is 11.1. The van der Waals surface area contributed by atoms with E-state index in [2.05, 4.69) is 6.58 Å². The molecule has 0 aromatic carbocycles. The summed E-state index contributed by atoms with van der Waals surface area (Å²) >= 11 is 0. The van der Waals surface area contributed by atoms with E-state index in [9.17, 15) is 9.59 Å². The van der Waals surface area contributed by atoms with Gasteiger partial charge in [-0.15, -0.1) is 0 Å². The molecule has 0 aromatic heterocycles. The number of hydrogen-bond donors (Lipinski definition) is 0. The average molecular weight is 214 g/mol. The molecule has 0 aliphatic heterocycles. The molecule has 0 aliphatic rings. The van der Waals surface area contributed by atoms with Crippen molar-refractivity contribution in [2.75, 3.05) is 6.23 Å². The van der Waals surface area contributed by atoms with Gasteiger partial charge in [0.2, 0.25) is 0 Å². The lowest BCUT2D eigenvalue weighted by molar-refractivity contribution is -0.140. The lowest BCUT2D eigenvalue weighted by Crippen LogP contribution is -2.19.